The summed E-state index contributed by atoms with van der Waals surface area (Å²) in [7, 11) is 0. The van der Waals surface area contributed by atoms with Gasteiger partial charge in [0.05, 0.1) is 11.0 Å². The zero-order valence-corrected chi connectivity index (χ0v) is 12.8. The maximum Gasteiger partial charge on any atom is 0.407 e. The van der Waals surface area contributed by atoms with E-state index in [1.165, 1.54) is 0 Å². The zero-order valence-electron chi connectivity index (χ0n) is 12.8. The first-order valence-corrected chi connectivity index (χ1v) is 7.40. The van der Waals surface area contributed by atoms with Crippen molar-refractivity contribution in [1.29, 1.82) is 0 Å². The van der Waals surface area contributed by atoms with Gasteiger partial charge in [-0.3, -0.25) is 10.1 Å². The Labute approximate surface area is 138 Å². The molecule has 3 N–H and O–H groups in total. The third kappa shape index (κ3) is 4.10. The third-order valence-electron chi connectivity index (χ3n) is 3.25. The number of nitrogens with one attached hydrogen (secondary N) is 3. The van der Waals surface area contributed by atoms with Crippen LogP contribution < -0.4 is 10.6 Å². The number of carbonyl (C=O) groups excluding carboxylic acids is 2. The lowest BCUT2D eigenvalue weighted by atomic mass is 10.2. The number of hydrogen-bond donors (Lipinski definition) is 3. The van der Waals surface area contributed by atoms with E-state index in [4.69, 9.17) is 4.74 Å². The van der Waals surface area contributed by atoms with Crippen LogP contribution in [-0.4, -0.2) is 28.5 Å². The minimum atomic E-state index is -0.654. The highest BCUT2D eigenvalue weighted by atomic mass is 16.5. The fraction of sp³-hybridized carbons (Fsp3) is 0.118. The predicted molar refractivity (Wildman–Crippen MR) is 89.4 cm³/mol. The fourth-order valence-corrected chi connectivity index (χ4v) is 2.11. The number of para-hydroxylation sites is 2. The van der Waals surface area contributed by atoms with Gasteiger partial charge in [-0.25, -0.2) is 9.78 Å². The molecule has 0 saturated carbocycles. The van der Waals surface area contributed by atoms with E-state index >= 15 is 0 Å². The molecular formula is C17H16N4O3. The Hall–Kier alpha value is -3.35. The molecule has 24 heavy (non-hydrogen) atoms. The summed E-state index contributed by atoms with van der Waals surface area (Å²) in [5.74, 6) is -0.0635. The number of ether oxygens (including phenoxy) is 1. The molecule has 7 heteroatoms. The van der Waals surface area contributed by atoms with Crippen molar-refractivity contribution in [2.45, 2.75) is 6.61 Å². The van der Waals surface area contributed by atoms with Crippen LogP contribution in [0, 0.1) is 0 Å². The highest BCUT2D eigenvalue weighted by Gasteiger charge is 2.09. The van der Waals surface area contributed by atoms with Crippen molar-refractivity contribution < 1.29 is 14.3 Å². The standard InChI is InChI=1S/C17H16N4O3/c22-15(21-16-19-13-8-4-5-9-14(13)20-16)10-18-17(23)24-11-12-6-2-1-3-7-12/h1-9H,10-11H2,(H,18,23)(H2,19,20,21,22). The average Bonchev–Trinajstić information content (AvgIpc) is 3.01. The number of carbonyl (C=O) groups is 2. The second kappa shape index (κ2) is 7.28. The highest BCUT2D eigenvalue weighted by molar-refractivity contribution is 5.93. The van der Waals surface area contributed by atoms with Gasteiger partial charge in [0.15, 0.2) is 0 Å². The molecule has 0 radical (unpaired) electrons. The first-order valence-electron chi connectivity index (χ1n) is 7.40. The van der Waals surface area contributed by atoms with Gasteiger partial charge in [-0.2, -0.15) is 0 Å². The Kier molecular flexibility index (Phi) is 4.71. The minimum absolute atomic E-state index is 0.151. The molecule has 0 aliphatic heterocycles. The summed E-state index contributed by atoms with van der Waals surface area (Å²) < 4.78 is 5.02. The first kappa shape index (κ1) is 15.5. The van der Waals surface area contributed by atoms with Crippen molar-refractivity contribution in [1.82, 2.24) is 15.3 Å². The third-order valence-corrected chi connectivity index (χ3v) is 3.25. The van der Waals surface area contributed by atoms with Crippen LogP contribution in [0.2, 0.25) is 0 Å². The number of hydrogen-bond acceptors (Lipinski definition) is 4. The number of aromatic amines is 1. The number of rotatable bonds is 5. The number of anilines is 1. The van der Waals surface area contributed by atoms with Crippen LogP contribution in [0.3, 0.4) is 0 Å². The van der Waals surface area contributed by atoms with Crippen LogP contribution in [0.4, 0.5) is 10.7 Å². The Morgan fingerprint density at radius 2 is 1.79 bits per heavy atom. The van der Waals surface area contributed by atoms with Crippen molar-refractivity contribution in [2.75, 3.05) is 11.9 Å². The number of imidazole rings is 1. The molecule has 3 aromatic rings. The fourth-order valence-electron chi connectivity index (χ4n) is 2.11. The van der Waals surface area contributed by atoms with Crippen LogP contribution in [0.15, 0.2) is 54.6 Å². The van der Waals surface area contributed by atoms with Gasteiger partial charge in [-0.1, -0.05) is 42.5 Å². The van der Waals surface area contributed by atoms with Gasteiger partial charge in [-0.05, 0) is 17.7 Å². The summed E-state index contributed by atoms with van der Waals surface area (Å²) in [4.78, 5) is 30.6. The van der Waals surface area contributed by atoms with E-state index in [2.05, 4.69) is 20.6 Å². The van der Waals surface area contributed by atoms with E-state index < -0.39 is 12.0 Å². The van der Waals surface area contributed by atoms with Gasteiger partial charge >= 0.3 is 6.09 Å². The number of aromatic nitrogens is 2. The van der Waals surface area contributed by atoms with Crippen LogP contribution in [0.25, 0.3) is 11.0 Å². The van der Waals surface area contributed by atoms with E-state index in [0.29, 0.717) is 5.95 Å². The quantitative estimate of drug-likeness (QED) is 0.671. The molecule has 0 atom stereocenters. The van der Waals surface area contributed by atoms with E-state index in [-0.39, 0.29) is 13.2 Å². The van der Waals surface area contributed by atoms with E-state index in [1.807, 2.05) is 54.6 Å². The van der Waals surface area contributed by atoms with E-state index in [1.54, 1.807) is 0 Å². The molecule has 122 valence electrons. The van der Waals surface area contributed by atoms with E-state index in [9.17, 15) is 9.59 Å². The molecule has 0 aliphatic rings. The Morgan fingerprint density at radius 3 is 2.58 bits per heavy atom. The smallest absolute Gasteiger partial charge is 0.407 e. The molecule has 1 heterocycles. The van der Waals surface area contributed by atoms with Crippen molar-refractivity contribution in [3.8, 4) is 0 Å². The molecule has 2 amide bonds. The number of nitrogens with zero attached hydrogens (tertiary/aromatic N) is 1. The van der Waals surface area contributed by atoms with E-state index in [0.717, 1.165) is 16.6 Å². The number of amides is 2. The van der Waals surface area contributed by atoms with Crippen LogP contribution in [-0.2, 0) is 16.1 Å². The van der Waals surface area contributed by atoms with Gasteiger partial charge < -0.3 is 15.0 Å². The largest absolute Gasteiger partial charge is 0.445 e. The summed E-state index contributed by atoms with van der Waals surface area (Å²) in [6.07, 6.45) is -0.654. The molecule has 0 fully saturated rings. The Balaban J connectivity index is 1.44. The maximum absolute atomic E-state index is 11.8. The summed E-state index contributed by atoms with van der Waals surface area (Å²) in [5.41, 5.74) is 2.45. The SMILES string of the molecule is O=C(CNC(=O)OCc1ccccc1)Nc1nc2ccccc2[nH]1. The number of alkyl carbamates (subject to hydrolysis) is 1. The molecule has 0 bridgehead atoms. The molecule has 3 rings (SSSR count). The lowest BCUT2D eigenvalue weighted by Gasteiger charge is -2.06. The maximum atomic E-state index is 11.8. The molecule has 0 saturated heterocycles. The molecular weight excluding hydrogens is 308 g/mol. The van der Waals surface area contributed by atoms with Gasteiger partial charge in [0, 0.05) is 0 Å². The van der Waals surface area contributed by atoms with Gasteiger partial charge in [-0.15, -0.1) is 0 Å². The number of benzene rings is 2. The monoisotopic (exact) mass is 324 g/mol. The molecule has 2 aromatic carbocycles. The van der Waals surface area contributed by atoms with Crippen molar-refractivity contribution in [3.63, 3.8) is 0 Å². The normalized spacial score (nSPS) is 10.3. The number of H-pyrrole nitrogens is 1. The van der Waals surface area contributed by atoms with Crippen molar-refractivity contribution >= 4 is 29.0 Å². The van der Waals surface area contributed by atoms with Crippen LogP contribution in [0.1, 0.15) is 5.56 Å². The second-order valence-corrected chi connectivity index (χ2v) is 5.07. The molecule has 1 aromatic heterocycles. The Morgan fingerprint density at radius 1 is 1.04 bits per heavy atom. The topological polar surface area (TPSA) is 96.1 Å². The van der Waals surface area contributed by atoms with Crippen molar-refractivity contribution in [2.24, 2.45) is 0 Å². The molecule has 0 spiro atoms. The highest BCUT2D eigenvalue weighted by Crippen LogP contribution is 2.12. The van der Waals surface area contributed by atoms with Gasteiger partial charge in [0.2, 0.25) is 11.9 Å². The lowest BCUT2D eigenvalue weighted by molar-refractivity contribution is -0.115. The van der Waals surface area contributed by atoms with Crippen molar-refractivity contribution in [3.05, 3.63) is 60.2 Å². The van der Waals surface area contributed by atoms with Gasteiger partial charge in [0.25, 0.3) is 0 Å². The van der Waals surface area contributed by atoms with Crippen LogP contribution in [0.5, 0.6) is 0 Å². The summed E-state index contributed by atoms with van der Waals surface area (Å²) >= 11 is 0. The predicted octanol–water partition coefficient (Wildman–Crippen LogP) is 2.43. The molecule has 0 unspecified atom stereocenters. The summed E-state index contributed by atoms with van der Waals surface area (Å²) in [6.45, 7) is -0.0530. The minimum Gasteiger partial charge on any atom is -0.445 e. The van der Waals surface area contributed by atoms with Crippen LogP contribution >= 0.6 is 0 Å². The molecule has 7 nitrogen and oxygen atoms in total. The number of fused-ring (bicyclic) bond motifs is 1. The summed E-state index contributed by atoms with van der Waals surface area (Å²) in [6, 6.07) is 16.7. The van der Waals surface area contributed by atoms with Gasteiger partial charge in [0.1, 0.15) is 13.2 Å². The lowest BCUT2D eigenvalue weighted by Crippen LogP contribution is -2.33. The second-order valence-electron chi connectivity index (χ2n) is 5.07. The Bertz CT molecular complexity index is 812. The molecule has 0 aliphatic carbocycles. The zero-order chi connectivity index (χ0) is 16.8. The first-order chi connectivity index (χ1) is 11.7. The average molecular weight is 324 g/mol. The summed E-state index contributed by atoms with van der Waals surface area (Å²) in [5, 5.41) is 4.98.